The Hall–Kier alpha value is -1.44. The number of hydrogen-bond acceptors (Lipinski definition) is 6. The second kappa shape index (κ2) is 6.48. The first-order valence-corrected chi connectivity index (χ1v) is 6.35. The van der Waals surface area contributed by atoms with Crippen LogP contribution in [-0.4, -0.2) is 34.5 Å². The molecule has 2 aromatic rings. The van der Waals surface area contributed by atoms with Gasteiger partial charge in [0.1, 0.15) is 12.0 Å². The van der Waals surface area contributed by atoms with Crippen molar-refractivity contribution in [2.75, 3.05) is 12.4 Å². The van der Waals surface area contributed by atoms with E-state index in [2.05, 4.69) is 4.98 Å². The molecule has 0 atom stereocenters. The minimum atomic E-state index is -1.48. The highest BCUT2D eigenvalue weighted by atomic mass is 32.2. The third kappa shape index (κ3) is 3.80. The number of hydrogen-bond donors (Lipinski definition) is 2. The van der Waals surface area contributed by atoms with Gasteiger partial charge in [-0.1, -0.05) is 23.9 Å². The lowest BCUT2D eigenvalue weighted by molar-refractivity contribution is 0.343. The summed E-state index contributed by atoms with van der Waals surface area (Å²) in [5, 5.41) is 18.6. The molecule has 18 heavy (non-hydrogen) atoms. The predicted octanol–water partition coefficient (Wildman–Crippen LogP) is 0.525. The maximum Gasteiger partial charge on any atom is 0.488 e. The Labute approximate surface area is 109 Å². The molecular formula is C11H12BNO4S. The number of ether oxygens (including phenoxy) is 1. The van der Waals surface area contributed by atoms with E-state index in [0.29, 0.717) is 28.8 Å². The molecule has 2 N–H and O–H groups in total. The third-order valence-electron chi connectivity index (χ3n) is 2.14. The summed E-state index contributed by atoms with van der Waals surface area (Å²) in [5.41, 5.74) is 0.410. The number of oxazole rings is 1. The van der Waals surface area contributed by atoms with Crippen molar-refractivity contribution < 1.29 is 19.2 Å². The van der Waals surface area contributed by atoms with Crippen LogP contribution in [0.25, 0.3) is 0 Å². The summed E-state index contributed by atoms with van der Waals surface area (Å²) in [6.07, 6.45) is 3.12. The number of aromatic nitrogens is 1. The van der Waals surface area contributed by atoms with Crippen molar-refractivity contribution in [2.24, 2.45) is 0 Å². The lowest BCUT2D eigenvalue weighted by Crippen LogP contribution is -2.29. The Balaban J connectivity index is 1.78. The molecule has 94 valence electrons. The van der Waals surface area contributed by atoms with Crippen LogP contribution in [0, 0.1) is 0 Å². The van der Waals surface area contributed by atoms with Gasteiger partial charge in [-0.05, 0) is 17.6 Å². The highest BCUT2D eigenvalue weighted by Crippen LogP contribution is 2.15. The summed E-state index contributed by atoms with van der Waals surface area (Å²) in [6, 6.07) is 6.70. The van der Waals surface area contributed by atoms with E-state index in [9.17, 15) is 0 Å². The summed E-state index contributed by atoms with van der Waals surface area (Å²) >= 11 is 1.46. The maximum atomic E-state index is 9.02. The van der Waals surface area contributed by atoms with E-state index < -0.39 is 7.12 Å². The Morgan fingerprint density at radius 3 is 3.00 bits per heavy atom. The smallest absolute Gasteiger partial charge is 0.488 e. The molecular weight excluding hydrogens is 253 g/mol. The molecule has 0 radical (unpaired) electrons. The SMILES string of the molecule is OB(O)c1cccc(OCCSc2ncco2)c1. The van der Waals surface area contributed by atoms with Crippen LogP contribution in [0.15, 0.2) is 46.4 Å². The minimum absolute atomic E-state index is 0.410. The van der Waals surface area contributed by atoms with E-state index in [0.717, 1.165) is 0 Å². The number of rotatable bonds is 6. The minimum Gasteiger partial charge on any atom is -0.493 e. The van der Waals surface area contributed by atoms with Gasteiger partial charge in [-0.3, -0.25) is 0 Å². The van der Waals surface area contributed by atoms with Gasteiger partial charge in [-0.15, -0.1) is 0 Å². The van der Waals surface area contributed by atoms with Crippen molar-refractivity contribution in [3.8, 4) is 5.75 Å². The molecule has 0 amide bonds. The first-order valence-electron chi connectivity index (χ1n) is 5.37. The first-order chi connectivity index (χ1) is 8.75. The summed E-state index contributed by atoms with van der Waals surface area (Å²) in [4.78, 5) is 3.97. The molecule has 0 aliphatic carbocycles. The molecule has 0 bridgehead atoms. The van der Waals surface area contributed by atoms with Gasteiger partial charge < -0.3 is 19.2 Å². The summed E-state index contributed by atoms with van der Waals surface area (Å²) in [5.74, 6) is 1.31. The standard InChI is InChI=1S/C11H12BNO4S/c14-12(15)9-2-1-3-10(8-9)16-6-7-18-11-13-4-5-17-11/h1-5,8,14-15H,6-7H2. The van der Waals surface area contributed by atoms with E-state index in [-0.39, 0.29) is 0 Å². The van der Waals surface area contributed by atoms with Gasteiger partial charge in [0.25, 0.3) is 5.22 Å². The highest BCUT2D eigenvalue weighted by Gasteiger charge is 2.10. The van der Waals surface area contributed by atoms with Crippen LogP contribution in [0.1, 0.15) is 0 Å². The quantitative estimate of drug-likeness (QED) is 0.450. The molecule has 0 saturated carbocycles. The Bertz CT molecular complexity index is 478. The van der Waals surface area contributed by atoms with Gasteiger partial charge in [0, 0.05) is 5.75 Å². The van der Waals surface area contributed by atoms with Crippen LogP contribution in [0.4, 0.5) is 0 Å². The predicted molar refractivity (Wildman–Crippen MR) is 69.0 cm³/mol. The van der Waals surface area contributed by atoms with Gasteiger partial charge in [-0.2, -0.15) is 0 Å². The lowest BCUT2D eigenvalue weighted by atomic mass is 9.80. The van der Waals surface area contributed by atoms with Crippen LogP contribution in [-0.2, 0) is 0 Å². The van der Waals surface area contributed by atoms with Gasteiger partial charge in [0.05, 0.1) is 12.8 Å². The fraction of sp³-hybridized carbons (Fsp3) is 0.182. The number of benzene rings is 1. The van der Waals surface area contributed by atoms with Crippen LogP contribution >= 0.6 is 11.8 Å². The normalized spacial score (nSPS) is 10.3. The second-order valence-electron chi connectivity index (χ2n) is 3.44. The molecule has 1 heterocycles. The van der Waals surface area contributed by atoms with Gasteiger partial charge >= 0.3 is 7.12 Å². The maximum absolute atomic E-state index is 9.02. The Morgan fingerprint density at radius 2 is 2.28 bits per heavy atom. The van der Waals surface area contributed by atoms with Gasteiger partial charge in [-0.25, -0.2) is 4.98 Å². The molecule has 0 spiro atoms. The fourth-order valence-electron chi connectivity index (χ4n) is 1.34. The average Bonchev–Trinajstić information content (AvgIpc) is 2.88. The van der Waals surface area contributed by atoms with Crippen LogP contribution in [0.3, 0.4) is 0 Å². The topological polar surface area (TPSA) is 75.7 Å². The van der Waals surface area contributed by atoms with Crippen molar-refractivity contribution in [1.29, 1.82) is 0 Å². The summed E-state index contributed by atoms with van der Waals surface area (Å²) in [7, 11) is -1.48. The Morgan fingerprint density at radius 1 is 1.39 bits per heavy atom. The number of nitrogens with zero attached hydrogens (tertiary/aromatic N) is 1. The molecule has 0 aliphatic heterocycles. The van der Waals surface area contributed by atoms with Crippen molar-refractivity contribution in [3.63, 3.8) is 0 Å². The average molecular weight is 265 g/mol. The monoisotopic (exact) mass is 265 g/mol. The van der Waals surface area contributed by atoms with Gasteiger partial charge in [0.15, 0.2) is 0 Å². The molecule has 0 unspecified atom stereocenters. The zero-order valence-electron chi connectivity index (χ0n) is 9.52. The molecule has 0 aliphatic rings. The van der Waals surface area contributed by atoms with E-state index in [1.807, 2.05) is 0 Å². The third-order valence-corrected chi connectivity index (χ3v) is 2.96. The summed E-state index contributed by atoms with van der Waals surface area (Å²) < 4.78 is 10.5. The highest BCUT2D eigenvalue weighted by molar-refractivity contribution is 7.99. The van der Waals surface area contributed by atoms with E-state index in [1.165, 1.54) is 18.0 Å². The van der Waals surface area contributed by atoms with Crippen LogP contribution < -0.4 is 10.2 Å². The van der Waals surface area contributed by atoms with Crippen molar-refractivity contribution >= 4 is 24.3 Å². The van der Waals surface area contributed by atoms with Crippen molar-refractivity contribution in [1.82, 2.24) is 4.98 Å². The fourth-order valence-corrected chi connectivity index (χ4v) is 1.94. The Kier molecular flexibility index (Phi) is 4.69. The largest absolute Gasteiger partial charge is 0.493 e. The van der Waals surface area contributed by atoms with Crippen molar-refractivity contribution in [3.05, 3.63) is 36.7 Å². The molecule has 2 rings (SSSR count). The first kappa shape index (κ1) is 13.0. The zero-order valence-corrected chi connectivity index (χ0v) is 10.3. The van der Waals surface area contributed by atoms with Crippen LogP contribution in [0.5, 0.6) is 5.75 Å². The molecule has 5 nitrogen and oxygen atoms in total. The molecule has 1 aromatic carbocycles. The molecule has 0 fully saturated rings. The summed E-state index contributed by atoms with van der Waals surface area (Å²) in [6.45, 7) is 0.484. The van der Waals surface area contributed by atoms with Crippen LogP contribution in [0.2, 0.25) is 0 Å². The second-order valence-corrected chi connectivity index (χ2v) is 4.49. The lowest BCUT2D eigenvalue weighted by Gasteiger charge is -2.06. The molecule has 0 saturated heterocycles. The van der Waals surface area contributed by atoms with E-state index in [4.69, 9.17) is 19.2 Å². The molecule has 7 heteroatoms. The molecule has 1 aromatic heterocycles. The van der Waals surface area contributed by atoms with Gasteiger partial charge in [0.2, 0.25) is 0 Å². The van der Waals surface area contributed by atoms with E-state index in [1.54, 1.807) is 30.5 Å². The van der Waals surface area contributed by atoms with E-state index >= 15 is 0 Å². The zero-order chi connectivity index (χ0) is 12.8. The van der Waals surface area contributed by atoms with Crippen molar-refractivity contribution in [2.45, 2.75) is 5.22 Å². The number of thioether (sulfide) groups is 1.